The highest BCUT2D eigenvalue weighted by molar-refractivity contribution is 5.02. The summed E-state index contributed by atoms with van der Waals surface area (Å²) < 4.78 is 0. The van der Waals surface area contributed by atoms with Gasteiger partial charge in [0.05, 0.1) is 5.69 Å². The third-order valence-electron chi connectivity index (χ3n) is 3.07. The summed E-state index contributed by atoms with van der Waals surface area (Å²) >= 11 is 0. The summed E-state index contributed by atoms with van der Waals surface area (Å²) in [6.07, 6.45) is 4.56. The number of nitrogens with zero attached hydrogens (tertiary/aromatic N) is 2. The predicted molar refractivity (Wildman–Crippen MR) is 60.7 cm³/mol. The molecule has 2 rings (SSSR count). The third kappa shape index (κ3) is 3.04. The lowest BCUT2D eigenvalue weighted by molar-refractivity contribution is 0.316. The van der Waals surface area contributed by atoms with Crippen molar-refractivity contribution in [2.75, 3.05) is 20.1 Å². The summed E-state index contributed by atoms with van der Waals surface area (Å²) in [6.45, 7) is 4.32. The van der Waals surface area contributed by atoms with Gasteiger partial charge in [-0.3, -0.25) is 5.10 Å². The number of aromatic amines is 1. The molecule has 0 radical (unpaired) electrons. The van der Waals surface area contributed by atoms with Crippen molar-refractivity contribution in [1.29, 1.82) is 0 Å². The Morgan fingerprint density at radius 1 is 1.67 bits per heavy atom. The number of likely N-dealkylation sites (N-methyl/N-ethyl adjacent to an activating group) is 1. The van der Waals surface area contributed by atoms with Crippen LogP contribution >= 0.6 is 0 Å². The van der Waals surface area contributed by atoms with Crippen LogP contribution in [0.3, 0.4) is 0 Å². The van der Waals surface area contributed by atoms with E-state index in [1.165, 1.54) is 12.8 Å². The summed E-state index contributed by atoms with van der Waals surface area (Å²) in [5.74, 6) is 0. The van der Waals surface area contributed by atoms with Crippen LogP contribution in [0, 0.1) is 0 Å². The summed E-state index contributed by atoms with van der Waals surface area (Å²) in [7, 11) is 2.21. The largest absolute Gasteiger partial charge is 0.308 e. The number of nitrogens with one attached hydrogen (secondary N) is 2. The second-order valence-electron chi connectivity index (χ2n) is 4.40. The minimum Gasteiger partial charge on any atom is -0.308 e. The zero-order chi connectivity index (χ0) is 10.7. The highest BCUT2D eigenvalue weighted by Crippen LogP contribution is 2.24. The molecule has 0 saturated heterocycles. The molecule has 1 heterocycles. The van der Waals surface area contributed by atoms with Crippen LogP contribution in [0.15, 0.2) is 12.3 Å². The molecule has 1 atom stereocenters. The van der Waals surface area contributed by atoms with Gasteiger partial charge in [-0.15, -0.1) is 0 Å². The molecule has 1 aromatic rings. The Kier molecular flexibility index (Phi) is 3.38. The Bertz CT molecular complexity index is 279. The molecule has 4 heteroatoms. The lowest BCUT2D eigenvalue weighted by Crippen LogP contribution is -2.32. The summed E-state index contributed by atoms with van der Waals surface area (Å²) in [6, 6.07) is 3.23. The maximum Gasteiger partial charge on any atom is 0.0518 e. The lowest BCUT2D eigenvalue weighted by Gasteiger charge is -2.18. The van der Waals surface area contributed by atoms with E-state index in [2.05, 4.69) is 34.4 Å². The molecule has 1 saturated carbocycles. The van der Waals surface area contributed by atoms with Gasteiger partial charge in [0.15, 0.2) is 0 Å². The highest BCUT2D eigenvalue weighted by atomic mass is 15.2. The van der Waals surface area contributed by atoms with E-state index >= 15 is 0 Å². The second-order valence-corrected chi connectivity index (χ2v) is 4.40. The molecule has 1 aliphatic rings. The van der Waals surface area contributed by atoms with Crippen molar-refractivity contribution in [3.05, 3.63) is 18.0 Å². The molecule has 0 aliphatic heterocycles. The van der Waals surface area contributed by atoms with Crippen molar-refractivity contribution >= 4 is 0 Å². The van der Waals surface area contributed by atoms with Crippen LogP contribution in [-0.2, 0) is 0 Å². The van der Waals surface area contributed by atoms with Crippen LogP contribution in [0.1, 0.15) is 31.5 Å². The van der Waals surface area contributed by atoms with Crippen LogP contribution in [0.4, 0.5) is 0 Å². The first-order chi connectivity index (χ1) is 7.27. The van der Waals surface area contributed by atoms with Gasteiger partial charge in [0.2, 0.25) is 0 Å². The SMILES string of the molecule is CC(NCCN(C)C1CC1)c1ccn[nH]1. The molecule has 0 amide bonds. The fraction of sp³-hybridized carbons (Fsp3) is 0.727. The predicted octanol–water partition coefficient (Wildman–Crippen LogP) is 1.15. The molecular formula is C11H20N4. The molecule has 84 valence electrons. The van der Waals surface area contributed by atoms with Gasteiger partial charge in [0.25, 0.3) is 0 Å². The zero-order valence-corrected chi connectivity index (χ0v) is 9.53. The van der Waals surface area contributed by atoms with Crippen molar-refractivity contribution in [2.24, 2.45) is 0 Å². The van der Waals surface area contributed by atoms with Crippen molar-refractivity contribution in [1.82, 2.24) is 20.4 Å². The van der Waals surface area contributed by atoms with E-state index in [0.717, 1.165) is 24.8 Å². The second kappa shape index (κ2) is 4.77. The van der Waals surface area contributed by atoms with Gasteiger partial charge in [0, 0.05) is 31.4 Å². The molecule has 1 unspecified atom stereocenters. The Morgan fingerprint density at radius 3 is 3.07 bits per heavy atom. The Hall–Kier alpha value is -0.870. The van der Waals surface area contributed by atoms with Crippen molar-refractivity contribution in [2.45, 2.75) is 31.8 Å². The molecule has 2 N–H and O–H groups in total. The minimum atomic E-state index is 0.361. The van der Waals surface area contributed by atoms with Crippen molar-refractivity contribution in [3.8, 4) is 0 Å². The number of hydrogen-bond acceptors (Lipinski definition) is 3. The van der Waals surface area contributed by atoms with E-state index < -0.39 is 0 Å². The molecule has 0 aromatic carbocycles. The first kappa shape index (κ1) is 10.6. The van der Waals surface area contributed by atoms with Gasteiger partial charge >= 0.3 is 0 Å². The molecular weight excluding hydrogens is 188 g/mol. The smallest absolute Gasteiger partial charge is 0.0518 e. The van der Waals surface area contributed by atoms with E-state index in [4.69, 9.17) is 0 Å². The van der Waals surface area contributed by atoms with Crippen molar-refractivity contribution in [3.63, 3.8) is 0 Å². The first-order valence-corrected chi connectivity index (χ1v) is 5.70. The average Bonchev–Trinajstić information content (AvgIpc) is 2.93. The number of aromatic nitrogens is 2. The van der Waals surface area contributed by atoms with E-state index in [0.29, 0.717) is 6.04 Å². The standard InChI is InChI=1S/C11H20N4/c1-9(11-5-6-13-14-11)12-7-8-15(2)10-3-4-10/h5-6,9-10,12H,3-4,7-8H2,1-2H3,(H,13,14). The van der Waals surface area contributed by atoms with E-state index in [9.17, 15) is 0 Å². The number of H-pyrrole nitrogens is 1. The maximum absolute atomic E-state index is 3.95. The Morgan fingerprint density at radius 2 is 2.47 bits per heavy atom. The van der Waals surface area contributed by atoms with E-state index in [1.54, 1.807) is 6.20 Å². The summed E-state index contributed by atoms with van der Waals surface area (Å²) in [4.78, 5) is 2.44. The van der Waals surface area contributed by atoms with Crippen LogP contribution in [0.25, 0.3) is 0 Å². The van der Waals surface area contributed by atoms with Gasteiger partial charge < -0.3 is 10.2 Å². The lowest BCUT2D eigenvalue weighted by atomic mass is 10.2. The fourth-order valence-corrected chi connectivity index (χ4v) is 1.77. The van der Waals surface area contributed by atoms with Gasteiger partial charge in [0.1, 0.15) is 0 Å². The first-order valence-electron chi connectivity index (χ1n) is 5.70. The Labute approximate surface area is 91.1 Å². The van der Waals surface area contributed by atoms with Crippen LogP contribution in [0.5, 0.6) is 0 Å². The number of hydrogen-bond donors (Lipinski definition) is 2. The van der Waals surface area contributed by atoms with Gasteiger partial charge in [-0.1, -0.05) is 0 Å². The minimum absolute atomic E-state index is 0.361. The maximum atomic E-state index is 3.95. The van der Waals surface area contributed by atoms with Crippen molar-refractivity contribution < 1.29 is 0 Å². The Balaban J connectivity index is 1.64. The van der Waals surface area contributed by atoms with Gasteiger partial charge in [-0.2, -0.15) is 5.10 Å². The third-order valence-corrected chi connectivity index (χ3v) is 3.07. The highest BCUT2D eigenvalue weighted by Gasteiger charge is 2.25. The molecule has 0 spiro atoms. The van der Waals surface area contributed by atoms with Gasteiger partial charge in [-0.25, -0.2) is 0 Å². The molecule has 1 aliphatic carbocycles. The summed E-state index contributed by atoms with van der Waals surface area (Å²) in [5.41, 5.74) is 1.16. The van der Waals surface area contributed by atoms with Gasteiger partial charge in [-0.05, 0) is 32.9 Å². The van der Waals surface area contributed by atoms with E-state index in [1.807, 2.05) is 6.07 Å². The normalized spacial score (nSPS) is 18.3. The molecule has 1 fully saturated rings. The monoisotopic (exact) mass is 208 g/mol. The molecule has 15 heavy (non-hydrogen) atoms. The zero-order valence-electron chi connectivity index (χ0n) is 9.53. The summed E-state index contributed by atoms with van der Waals surface area (Å²) in [5, 5.41) is 10.4. The number of rotatable bonds is 6. The quantitative estimate of drug-likeness (QED) is 0.737. The topological polar surface area (TPSA) is 44.0 Å². The molecule has 4 nitrogen and oxygen atoms in total. The molecule has 0 bridgehead atoms. The van der Waals surface area contributed by atoms with Crippen LogP contribution in [-0.4, -0.2) is 41.3 Å². The molecule has 1 aromatic heterocycles. The van der Waals surface area contributed by atoms with Crippen LogP contribution < -0.4 is 5.32 Å². The average molecular weight is 208 g/mol. The van der Waals surface area contributed by atoms with Crippen LogP contribution in [0.2, 0.25) is 0 Å². The van der Waals surface area contributed by atoms with E-state index in [-0.39, 0.29) is 0 Å². The fourth-order valence-electron chi connectivity index (χ4n) is 1.77.